The molecule has 1 aliphatic heterocycles. The Morgan fingerprint density at radius 1 is 1.19 bits per heavy atom. The third-order valence-corrected chi connectivity index (χ3v) is 5.10. The van der Waals surface area contributed by atoms with Crippen LogP contribution >= 0.6 is 0 Å². The maximum absolute atomic E-state index is 11.4. The number of nitrogens with zero attached hydrogens (tertiary/aromatic N) is 4. The molecule has 4 rings (SSSR count). The summed E-state index contributed by atoms with van der Waals surface area (Å²) in [5, 5.41) is 2.42. The van der Waals surface area contributed by atoms with Crippen LogP contribution in [0, 0.1) is 5.92 Å². The lowest BCUT2D eigenvalue weighted by Gasteiger charge is -2.41. The number of carbonyl (C=O) groups excluding carboxylic acids is 1. The van der Waals surface area contributed by atoms with Gasteiger partial charge in [0.15, 0.2) is 0 Å². The number of aromatic nitrogens is 2. The number of urea groups is 1. The molecule has 1 fully saturated rings. The first-order valence-electron chi connectivity index (χ1n) is 9.25. The van der Waals surface area contributed by atoms with Crippen molar-refractivity contribution in [2.75, 3.05) is 31.1 Å². The van der Waals surface area contributed by atoms with E-state index in [-0.39, 0.29) is 6.03 Å². The van der Waals surface area contributed by atoms with Crippen LogP contribution in [-0.2, 0) is 0 Å². The number of carbonyl (C=O) groups is 1. The summed E-state index contributed by atoms with van der Waals surface area (Å²) < 4.78 is 0. The van der Waals surface area contributed by atoms with E-state index in [2.05, 4.69) is 40.2 Å². The smallest absolute Gasteiger partial charge is 0.314 e. The summed E-state index contributed by atoms with van der Waals surface area (Å²) in [6.45, 7) is 4.94. The third kappa shape index (κ3) is 3.56. The molecule has 0 unspecified atom stereocenters. The average Bonchev–Trinajstić information content (AvgIpc) is 2.66. The second-order valence-electron chi connectivity index (χ2n) is 6.95. The zero-order chi connectivity index (χ0) is 18.8. The van der Waals surface area contributed by atoms with Gasteiger partial charge in [0.1, 0.15) is 0 Å². The molecule has 0 aliphatic carbocycles. The van der Waals surface area contributed by atoms with Crippen molar-refractivity contribution in [2.24, 2.45) is 11.7 Å². The largest absolute Gasteiger partial charge is 0.351 e. The van der Waals surface area contributed by atoms with E-state index in [1.807, 2.05) is 31.3 Å². The van der Waals surface area contributed by atoms with Crippen molar-refractivity contribution >= 4 is 22.8 Å². The van der Waals surface area contributed by atoms with Gasteiger partial charge in [-0.2, -0.15) is 0 Å². The summed E-state index contributed by atoms with van der Waals surface area (Å²) in [6.07, 6.45) is 1.81. The predicted molar refractivity (Wildman–Crippen MR) is 108 cm³/mol. The number of rotatable bonds is 5. The Morgan fingerprint density at radius 2 is 1.96 bits per heavy atom. The highest BCUT2D eigenvalue weighted by Crippen LogP contribution is 2.26. The van der Waals surface area contributed by atoms with E-state index in [0.29, 0.717) is 19.0 Å². The second-order valence-corrected chi connectivity index (χ2v) is 6.95. The van der Waals surface area contributed by atoms with Gasteiger partial charge in [-0.3, -0.25) is 0 Å². The molecule has 2 amide bonds. The van der Waals surface area contributed by atoms with E-state index in [1.54, 1.807) is 4.90 Å². The van der Waals surface area contributed by atoms with Crippen LogP contribution in [0.3, 0.4) is 0 Å². The molecule has 1 aliphatic rings. The molecular formula is C21H23N5O. The number of fused-ring (bicyclic) bond motifs is 1. The highest BCUT2D eigenvalue weighted by Gasteiger charge is 2.30. The quantitative estimate of drug-likeness (QED) is 0.757. The molecule has 6 nitrogen and oxygen atoms in total. The minimum Gasteiger partial charge on any atom is -0.351 e. The van der Waals surface area contributed by atoms with Crippen LogP contribution in [0.15, 0.2) is 54.7 Å². The number of primary amides is 1. The van der Waals surface area contributed by atoms with Gasteiger partial charge in [-0.25, -0.2) is 14.8 Å². The molecule has 0 spiro atoms. The molecule has 138 valence electrons. The Bertz CT molecular complexity index is 967. The first kappa shape index (κ1) is 17.3. The van der Waals surface area contributed by atoms with Crippen LogP contribution in [0.4, 0.5) is 10.7 Å². The summed E-state index contributed by atoms with van der Waals surface area (Å²) in [6, 6.07) is 16.3. The standard InChI is InChI=1S/C21H23N5O/c1-2-25(20(22)27)12-15-13-26(14-15)21-23-10-9-19(24-21)18-8-7-16-5-3-4-6-17(16)11-18/h3-11,15H,2,12-14H2,1H3,(H2,22,27). The number of anilines is 1. The topological polar surface area (TPSA) is 75.3 Å². The Balaban J connectivity index is 1.48. The van der Waals surface area contributed by atoms with Crippen LogP contribution in [-0.4, -0.2) is 47.1 Å². The minimum absolute atomic E-state index is 0.356. The highest BCUT2D eigenvalue weighted by atomic mass is 16.2. The lowest BCUT2D eigenvalue weighted by Crippen LogP contribution is -2.53. The van der Waals surface area contributed by atoms with Gasteiger partial charge < -0.3 is 15.5 Å². The number of hydrogen-bond acceptors (Lipinski definition) is 4. The monoisotopic (exact) mass is 361 g/mol. The second kappa shape index (κ2) is 7.23. The maximum Gasteiger partial charge on any atom is 0.314 e. The van der Waals surface area contributed by atoms with Gasteiger partial charge in [0.05, 0.1) is 5.69 Å². The Kier molecular flexibility index (Phi) is 4.62. The van der Waals surface area contributed by atoms with E-state index in [9.17, 15) is 4.79 Å². The van der Waals surface area contributed by atoms with Gasteiger partial charge in [-0.15, -0.1) is 0 Å². The normalized spacial score (nSPS) is 14.2. The summed E-state index contributed by atoms with van der Waals surface area (Å²) >= 11 is 0. The van der Waals surface area contributed by atoms with Crippen LogP contribution in [0.25, 0.3) is 22.0 Å². The zero-order valence-electron chi connectivity index (χ0n) is 15.4. The fraction of sp³-hybridized carbons (Fsp3) is 0.286. The fourth-order valence-electron chi connectivity index (χ4n) is 3.55. The van der Waals surface area contributed by atoms with E-state index < -0.39 is 0 Å². The van der Waals surface area contributed by atoms with Crippen LogP contribution in [0.2, 0.25) is 0 Å². The molecule has 2 heterocycles. The van der Waals surface area contributed by atoms with Crippen molar-refractivity contribution in [3.8, 4) is 11.3 Å². The van der Waals surface area contributed by atoms with Gasteiger partial charge in [0.25, 0.3) is 0 Å². The molecule has 0 saturated carbocycles. The molecular weight excluding hydrogens is 338 g/mol. The van der Waals surface area contributed by atoms with Crippen molar-refractivity contribution in [1.29, 1.82) is 0 Å². The van der Waals surface area contributed by atoms with Crippen LogP contribution < -0.4 is 10.6 Å². The number of nitrogens with two attached hydrogens (primary N) is 1. The minimum atomic E-state index is -0.356. The molecule has 0 radical (unpaired) electrons. The fourth-order valence-corrected chi connectivity index (χ4v) is 3.55. The summed E-state index contributed by atoms with van der Waals surface area (Å²) in [7, 11) is 0. The SMILES string of the molecule is CCN(CC1CN(c2nccc(-c3ccc4ccccc4c3)n2)C1)C(N)=O. The average molecular weight is 361 g/mol. The van der Waals surface area contributed by atoms with E-state index in [4.69, 9.17) is 10.7 Å². The molecule has 6 heteroatoms. The van der Waals surface area contributed by atoms with Crippen molar-refractivity contribution in [3.05, 3.63) is 54.7 Å². The Hall–Kier alpha value is -3.15. The molecule has 1 aromatic heterocycles. The molecule has 3 aromatic rings. The van der Waals surface area contributed by atoms with Crippen LogP contribution in [0.1, 0.15) is 6.92 Å². The summed E-state index contributed by atoms with van der Waals surface area (Å²) in [4.78, 5) is 24.4. The zero-order valence-corrected chi connectivity index (χ0v) is 15.4. The Labute approximate surface area is 158 Å². The molecule has 27 heavy (non-hydrogen) atoms. The molecule has 2 aromatic carbocycles. The van der Waals surface area contributed by atoms with Crippen molar-refractivity contribution < 1.29 is 4.79 Å². The number of hydrogen-bond donors (Lipinski definition) is 1. The number of amides is 2. The first-order valence-corrected chi connectivity index (χ1v) is 9.25. The molecule has 2 N–H and O–H groups in total. The third-order valence-electron chi connectivity index (χ3n) is 5.10. The number of benzene rings is 2. The lowest BCUT2D eigenvalue weighted by molar-refractivity contribution is 0.193. The molecule has 0 atom stereocenters. The Morgan fingerprint density at radius 3 is 2.70 bits per heavy atom. The molecule has 1 saturated heterocycles. The van der Waals surface area contributed by atoms with Crippen molar-refractivity contribution in [2.45, 2.75) is 6.92 Å². The molecule has 0 bridgehead atoms. The van der Waals surface area contributed by atoms with Gasteiger partial charge in [0, 0.05) is 43.9 Å². The maximum atomic E-state index is 11.4. The van der Waals surface area contributed by atoms with Gasteiger partial charge in [-0.05, 0) is 29.8 Å². The van der Waals surface area contributed by atoms with Crippen molar-refractivity contribution in [1.82, 2.24) is 14.9 Å². The summed E-state index contributed by atoms with van der Waals surface area (Å²) in [5.41, 5.74) is 7.39. The van der Waals surface area contributed by atoms with Gasteiger partial charge >= 0.3 is 6.03 Å². The predicted octanol–water partition coefficient (Wildman–Crippen LogP) is 3.13. The van der Waals surface area contributed by atoms with Crippen LogP contribution in [0.5, 0.6) is 0 Å². The van der Waals surface area contributed by atoms with Gasteiger partial charge in [0.2, 0.25) is 5.95 Å². The van der Waals surface area contributed by atoms with Crippen molar-refractivity contribution in [3.63, 3.8) is 0 Å². The van der Waals surface area contributed by atoms with E-state index in [1.165, 1.54) is 10.8 Å². The van der Waals surface area contributed by atoms with E-state index in [0.717, 1.165) is 30.3 Å². The highest BCUT2D eigenvalue weighted by molar-refractivity contribution is 5.86. The summed E-state index contributed by atoms with van der Waals surface area (Å²) in [5.74, 6) is 1.14. The van der Waals surface area contributed by atoms with E-state index >= 15 is 0 Å². The van der Waals surface area contributed by atoms with Gasteiger partial charge in [-0.1, -0.05) is 36.4 Å². The first-order chi connectivity index (χ1) is 13.1. The lowest BCUT2D eigenvalue weighted by atomic mass is 10.00.